The monoisotopic (exact) mass is 241 g/mol. The van der Waals surface area contributed by atoms with Crippen molar-refractivity contribution >= 4 is 0 Å². The number of aliphatic hydroxyl groups is 1. The normalized spacial score (nSPS) is 21.5. The molecule has 1 aliphatic carbocycles. The number of hydrogen-bond acceptors (Lipinski definition) is 3. The van der Waals surface area contributed by atoms with E-state index < -0.39 is 0 Å². The topological polar surface area (TPSA) is 32.7 Å². The average Bonchev–Trinajstić information content (AvgIpc) is 2.79. The van der Waals surface area contributed by atoms with Crippen LogP contribution in [0, 0.1) is 0 Å². The van der Waals surface area contributed by atoms with Crippen LogP contribution in [0.2, 0.25) is 0 Å². The lowest BCUT2D eigenvalue weighted by Crippen LogP contribution is -2.36. The minimum absolute atomic E-state index is 0.151. The Kier molecular flexibility index (Phi) is 6.78. The molecule has 0 aromatic heterocycles. The van der Waals surface area contributed by atoms with Gasteiger partial charge in [-0.2, -0.15) is 0 Å². The van der Waals surface area contributed by atoms with Gasteiger partial charge in [0.1, 0.15) is 6.23 Å². The van der Waals surface area contributed by atoms with Crippen molar-refractivity contribution in [3.05, 3.63) is 12.2 Å². The molecule has 0 aliphatic heterocycles. The second-order valence-electron chi connectivity index (χ2n) is 4.97. The Labute approximate surface area is 105 Å². The molecule has 0 aromatic carbocycles. The maximum Gasteiger partial charge on any atom is 0.114 e. The molecule has 1 N–H and O–H groups in total. The van der Waals surface area contributed by atoms with E-state index in [1.165, 1.54) is 25.7 Å². The van der Waals surface area contributed by atoms with Gasteiger partial charge in [-0.25, -0.2) is 0 Å². The Morgan fingerprint density at radius 1 is 1.41 bits per heavy atom. The Balaban J connectivity index is 2.41. The maximum atomic E-state index is 9.20. The number of ether oxygens (including phenoxy) is 1. The van der Waals surface area contributed by atoms with Gasteiger partial charge in [0.25, 0.3) is 0 Å². The molecule has 17 heavy (non-hydrogen) atoms. The van der Waals surface area contributed by atoms with E-state index in [1.807, 2.05) is 12.2 Å². The molecule has 0 saturated heterocycles. The van der Waals surface area contributed by atoms with Crippen molar-refractivity contribution in [3.8, 4) is 0 Å². The Bertz CT molecular complexity index is 222. The zero-order valence-corrected chi connectivity index (χ0v) is 11.4. The molecular formula is C14H27NO2. The molecule has 0 amide bonds. The summed E-state index contributed by atoms with van der Waals surface area (Å²) < 4.78 is 6.14. The lowest BCUT2D eigenvalue weighted by molar-refractivity contribution is -0.0840. The molecule has 1 aliphatic rings. The smallest absolute Gasteiger partial charge is 0.114 e. The van der Waals surface area contributed by atoms with Crippen LogP contribution < -0.4 is 0 Å². The molecule has 3 heteroatoms. The first-order chi connectivity index (χ1) is 8.13. The van der Waals surface area contributed by atoms with Crippen molar-refractivity contribution in [3.63, 3.8) is 0 Å². The molecule has 0 heterocycles. The number of nitrogens with zero attached hydrogens (tertiary/aromatic N) is 1. The highest BCUT2D eigenvalue weighted by molar-refractivity contribution is 4.88. The largest absolute Gasteiger partial charge is 0.389 e. The lowest BCUT2D eigenvalue weighted by Gasteiger charge is -2.29. The Morgan fingerprint density at radius 3 is 2.59 bits per heavy atom. The standard InChI is InChI=1S/C14H27NO2/c1-4-15(3)14(11-7-8-12(2)16)17-13-9-5-6-10-13/h7-8,12-14,16H,4-6,9-11H2,1-3H3/b8-7-. The third-order valence-electron chi connectivity index (χ3n) is 3.39. The van der Waals surface area contributed by atoms with Gasteiger partial charge < -0.3 is 9.84 Å². The van der Waals surface area contributed by atoms with Crippen LogP contribution in [-0.2, 0) is 4.74 Å². The number of rotatable bonds is 7. The fourth-order valence-corrected chi connectivity index (χ4v) is 2.18. The van der Waals surface area contributed by atoms with Gasteiger partial charge in [-0.1, -0.05) is 31.9 Å². The third kappa shape index (κ3) is 5.66. The maximum absolute atomic E-state index is 9.20. The second-order valence-corrected chi connectivity index (χ2v) is 4.97. The molecule has 0 radical (unpaired) electrons. The zero-order valence-electron chi connectivity index (χ0n) is 11.4. The number of hydrogen-bond donors (Lipinski definition) is 1. The van der Waals surface area contributed by atoms with Crippen LogP contribution in [0.25, 0.3) is 0 Å². The summed E-state index contributed by atoms with van der Waals surface area (Å²) in [5, 5.41) is 9.20. The van der Waals surface area contributed by atoms with Gasteiger partial charge in [0, 0.05) is 6.42 Å². The van der Waals surface area contributed by atoms with Crippen LogP contribution in [0.1, 0.15) is 46.0 Å². The van der Waals surface area contributed by atoms with E-state index in [9.17, 15) is 5.11 Å². The molecule has 0 bridgehead atoms. The van der Waals surface area contributed by atoms with Crippen molar-refractivity contribution in [1.29, 1.82) is 0 Å². The fourth-order valence-electron chi connectivity index (χ4n) is 2.18. The van der Waals surface area contributed by atoms with Gasteiger partial charge in [-0.05, 0) is 33.4 Å². The highest BCUT2D eigenvalue weighted by Crippen LogP contribution is 2.23. The molecule has 2 atom stereocenters. The van der Waals surface area contributed by atoms with E-state index in [4.69, 9.17) is 4.74 Å². The molecule has 1 rings (SSSR count). The molecule has 100 valence electrons. The fraction of sp³-hybridized carbons (Fsp3) is 0.857. The van der Waals surface area contributed by atoms with Gasteiger partial charge >= 0.3 is 0 Å². The minimum atomic E-state index is -0.367. The van der Waals surface area contributed by atoms with Crippen molar-refractivity contribution in [2.45, 2.75) is 64.4 Å². The van der Waals surface area contributed by atoms with E-state index in [0.717, 1.165) is 13.0 Å². The van der Waals surface area contributed by atoms with Gasteiger partial charge in [-0.3, -0.25) is 4.90 Å². The van der Waals surface area contributed by atoms with Gasteiger partial charge in [0.05, 0.1) is 12.2 Å². The zero-order chi connectivity index (χ0) is 12.7. The van der Waals surface area contributed by atoms with Gasteiger partial charge in [0.2, 0.25) is 0 Å². The van der Waals surface area contributed by atoms with E-state index in [1.54, 1.807) is 6.92 Å². The summed E-state index contributed by atoms with van der Waals surface area (Å²) in [6.45, 7) is 4.90. The summed E-state index contributed by atoms with van der Waals surface area (Å²) in [5.41, 5.74) is 0. The van der Waals surface area contributed by atoms with Crippen molar-refractivity contribution in [2.24, 2.45) is 0 Å². The quantitative estimate of drug-likeness (QED) is 0.549. The minimum Gasteiger partial charge on any atom is -0.389 e. The van der Waals surface area contributed by atoms with Crippen LogP contribution in [0.3, 0.4) is 0 Å². The third-order valence-corrected chi connectivity index (χ3v) is 3.39. The summed E-state index contributed by atoms with van der Waals surface area (Å²) in [6, 6.07) is 0. The molecule has 0 spiro atoms. The predicted molar refractivity (Wildman–Crippen MR) is 70.9 cm³/mol. The van der Waals surface area contributed by atoms with Crippen LogP contribution in [-0.4, -0.2) is 42.0 Å². The van der Waals surface area contributed by atoms with E-state index >= 15 is 0 Å². The highest BCUT2D eigenvalue weighted by atomic mass is 16.5. The first-order valence-electron chi connectivity index (χ1n) is 6.84. The predicted octanol–water partition coefficient (Wildman–Crippen LogP) is 2.55. The van der Waals surface area contributed by atoms with Gasteiger partial charge in [0.15, 0.2) is 0 Å². The second kappa shape index (κ2) is 7.85. The summed E-state index contributed by atoms with van der Waals surface area (Å²) >= 11 is 0. The van der Waals surface area contributed by atoms with Crippen LogP contribution in [0.15, 0.2) is 12.2 Å². The summed E-state index contributed by atoms with van der Waals surface area (Å²) in [7, 11) is 2.09. The van der Waals surface area contributed by atoms with E-state index in [-0.39, 0.29) is 12.3 Å². The summed E-state index contributed by atoms with van der Waals surface area (Å²) in [6.07, 6.45) is 9.94. The Morgan fingerprint density at radius 2 is 2.06 bits per heavy atom. The summed E-state index contributed by atoms with van der Waals surface area (Å²) in [5.74, 6) is 0. The van der Waals surface area contributed by atoms with Crippen LogP contribution >= 0.6 is 0 Å². The van der Waals surface area contributed by atoms with E-state index in [0.29, 0.717) is 6.10 Å². The SMILES string of the molecule is CCN(C)C(C/C=C\C(C)O)OC1CCCC1. The molecule has 1 fully saturated rings. The Hall–Kier alpha value is -0.380. The first kappa shape index (κ1) is 14.7. The molecule has 2 unspecified atom stereocenters. The average molecular weight is 241 g/mol. The van der Waals surface area contributed by atoms with E-state index in [2.05, 4.69) is 18.9 Å². The lowest BCUT2D eigenvalue weighted by atomic mass is 10.2. The molecule has 0 aromatic rings. The molecule has 3 nitrogen and oxygen atoms in total. The van der Waals surface area contributed by atoms with Gasteiger partial charge in [-0.15, -0.1) is 0 Å². The van der Waals surface area contributed by atoms with Crippen molar-refractivity contribution in [2.75, 3.05) is 13.6 Å². The molecular weight excluding hydrogens is 214 g/mol. The van der Waals surface area contributed by atoms with Crippen molar-refractivity contribution < 1.29 is 9.84 Å². The highest BCUT2D eigenvalue weighted by Gasteiger charge is 2.21. The van der Waals surface area contributed by atoms with Crippen LogP contribution in [0.5, 0.6) is 0 Å². The van der Waals surface area contributed by atoms with Crippen molar-refractivity contribution in [1.82, 2.24) is 4.90 Å². The van der Waals surface area contributed by atoms with Crippen LogP contribution in [0.4, 0.5) is 0 Å². The first-order valence-corrected chi connectivity index (χ1v) is 6.84. The molecule has 1 saturated carbocycles. The summed E-state index contributed by atoms with van der Waals surface area (Å²) in [4.78, 5) is 2.23. The number of aliphatic hydroxyl groups excluding tert-OH is 1.